The summed E-state index contributed by atoms with van der Waals surface area (Å²) in [6.07, 6.45) is 8.02. The zero-order chi connectivity index (χ0) is 10.1. The maximum absolute atomic E-state index is 5.60. The molecule has 0 atom stereocenters. The highest BCUT2D eigenvalue weighted by Gasteiger charge is 2.40. The predicted octanol–water partition coefficient (Wildman–Crippen LogP) is 2.34. The molecule has 14 heavy (non-hydrogen) atoms. The van der Waals surface area contributed by atoms with Crippen molar-refractivity contribution in [1.82, 2.24) is 5.32 Å². The molecule has 1 spiro atoms. The van der Waals surface area contributed by atoms with Gasteiger partial charge in [0.2, 0.25) is 0 Å². The minimum atomic E-state index is 0.177. The Morgan fingerprint density at radius 2 is 1.50 bits per heavy atom. The fourth-order valence-corrected chi connectivity index (χ4v) is 2.97. The minimum Gasteiger partial charge on any atom is -0.379 e. The fourth-order valence-electron chi connectivity index (χ4n) is 2.97. The summed E-state index contributed by atoms with van der Waals surface area (Å²) < 4.78 is 5.60. The Hall–Kier alpha value is -0.0800. The zero-order valence-electron chi connectivity index (χ0n) is 9.57. The molecule has 1 N–H and O–H groups in total. The van der Waals surface area contributed by atoms with Gasteiger partial charge in [0.05, 0.1) is 5.60 Å². The number of hydrogen-bond donors (Lipinski definition) is 1. The van der Waals surface area contributed by atoms with Gasteiger partial charge in [-0.25, -0.2) is 0 Å². The van der Waals surface area contributed by atoms with E-state index >= 15 is 0 Å². The van der Waals surface area contributed by atoms with Crippen molar-refractivity contribution >= 4 is 0 Å². The number of rotatable bonds is 1. The molecule has 1 saturated carbocycles. The molecule has 2 rings (SSSR count). The summed E-state index contributed by atoms with van der Waals surface area (Å²) in [6.45, 7) is 4.72. The molecule has 1 heterocycles. The van der Waals surface area contributed by atoms with E-state index < -0.39 is 0 Å². The summed E-state index contributed by atoms with van der Waals surface area (Å²) in [7, 11) is 1.86. The monoisotopic (exact) mass is 197 g/mol. The van der Waals surface area contributed by atoms with Crippen LogP contribution in [0.4, 0.5) is 0 Å². The van der Waals surface area contributed by atoms with Crippen molar-refractivity contribution in [2.24, 2.45) is 5.41 Å². The van der Waals surface area contributed by atoms with Gasteiger partial charge in [-0.3, -0.25) is 0 Å². The molecule has 0 aromatic rings. The van der Waals surface area contributed by atoms with Crippen LogP contribution in [0, 0.1) is 5.41 Å². The molecule has 1 aliphatic heterocycles. The molecule has 2 nitrogen and oxygen atoms in total. The van der Waals surface area contributed by atoms with Crippen molar-refractivity contribution in [3.63, 3.8) is 0 Å². The second kappa shape index (κ2) is 3.82. The van der Waals surface area contributed by atoms with E-state index in [4.69, 9.17) is 4.74 Å². The van der Waals surface area contributed by atoms with Gasteiger partial charge in [0.1, 0.15) is 0 Å². The Bertz CT molecular complexity index is 186. The third-order valence-electron chi connectivity index (χ3n) is 4.53. The Morgan fingerprint density at radius 3 is 2.00 bits per heavy atom. The van der Waals surface area contributed by atoms with Crippen LogP contribution in [-0.4, -0.2) is 25.8 Å². The van der Waals surface area contributed by atoms with Crippen LogP contribution in [0.1, 0.15) is 45.4 Å². The standard InChI is InChI=1S/C12H23NO/c1-11(14-2)3-5-12(6-4-11)7-9-13-10-8-12/h13H,3-10H2,1-2H3. The predicted molar refractivity (Wildman–Crippen MR) is 58.4 cm³/mol. The molecule has 2 aliphatic rings. The Balaban J connectivity index is 1.93. The first-order valence-electron chi connectivity index (χ1n) is 5.94. The SMILES string of the molecule is COC1(C)CCC2(CCNCC2)CC1. The van der Waals surface area contributed by atoms with Crippen LogP contribution in [0.3, 0.4) is 0 Å². The lowest BCUT2D eigenvalue weighted by molar-refractivity contribution is -0.0596. The van der Waals surface area contributed by atoms with Gasteiger partial charge in [-0.15, -0.1) is 0 Å². The van der Waals surface area contributed by atoms with Crippen LogP contribution in [0.25, 0.3) is 0 Å². The highest BCUT2D eigenvalue weighted by atomic mass is 16.5. The van der Waals surface area contributed by atoms with E-state index in [1.165, 1.54) is 51.6 Å². The van der Waals surface area contributed by atoms with Gasteiger partial charge >= 0.3 is 0 Å². The van der Waals surface area contributed by atoms with Crippen molar-refractivity contribution < 1.29 is 4.74 Å². The lowest BCUT2D eigenvalue weighted by Gasteiger charge is -2.46. The lowest BCUT2D eigenvalue weighted by atomic mass is 9.65. The minimum absolute atomic E-state index is 0.177. The van der Waals surface area contributed by atoms with Gasteiger partial charge in [-0.1, -0.05) is 0 Å². The maximum atomic E-state index is 5.60. The summed E-state index contributed by atoms with van der Waals surface area (Å²) in [5.41, 5.74) is 0.847. The molecule has 1 aliphatic carbocycles. The first-order valence-corrected chi connectivity index (χ1v) is 5.94. The number of piperidine rings is 1. The first-order chi connectivity index (χ1) is 6.68. The van der Waals surface area contributed by atoms with E-state index in [1.807, 2.05) is 7.11 Å². The second-order valence-electron chi connectivity index (χ2n) is 5.40. The van der Waals surface area contributed by atoms with Gasteiger partial charge < -0.3 is 10.1 Å². The quantitative estimate of drug-likeness (QED) is 0.696. The number of ether oxygens (including phenoxy) is 1. The molecular formula is C12H23NO. The largest absolute Gasteiger partial charge is 0.379 e. The van der Waals surface area contributed by atoms with E-state index in [9.17, 15) is 0 Å². The van der Waals surface area contributed by atoms with Gasteiger partial charge in [-0.2, -0.15) is 0 Å². The molecule has 2 fully saturated rings. The summed E-state index contributed by atoms with van der Waals surface area (Å²) in [6, 6.07) is 0. The fraction of sp³-hybridized carbons (Fsp3) is 1.00. The average Bonchev–Trinajstić information content (AvgIpc) is 2.25. The van der Waals surface area contributed by atoms with Crippen LogP contribution in [0.2, 0.25) is 0 Å². The van der Waals surface area contributed by atoms with Crippen molar-refractivity contribution in [2.75, 3.05) is 20.2 Å². The Morgan fingerprint density at radius 1 is 0.929 bits per heavy atom. The van der Waals surface area contributed by atoms with Crippen molar-refractivity contribution in [2.45, 2.75) is 51.0 Å². The summed E-state index contributed by atoms with van der Waals surface area (Å²) >= 11 is 0. The summed E-state index contributed by atoms with van der Waals surface area (Å²) in [5, 5.41) is 3.46. The summed E-state index contributed by atoms with van der Waals surface area (Å²) in [4.78, 5) is 0. The average molecular weight is 197 g/mol. The molecule has 0 aromatic carbocycles. The van der Waals surface area contributed by atoms with E-state index in [-0.39, 0.29) is 5.60 Å². The van der Waals surface area contributed by atoms with Crippen LogP contribution in [0.5, 0.6) is 0 Å². The van der Waals surface area contributed by atoms with Crippen molar-refractivity contribution in [1.29, 1.82) is 0 Å². The van der Waals surface area contributed by atoms with Gasteiger partial charge in [0.25, 0.3) is 0 Å². The van der Waals surface area contributed by atoms with E-state index in [1.54, 1.807) is 0 Å². The van der Waals surface area contributed by atoms with Crippen molar-refractivity contribution in [3.8, 4) is 0 Å². The summed E-state index contributed by atoms with van der Waals surface area (Å²) in [5.74, 6) is 0. The molecule has 0 radical (unpaired) electrons. The highest BCUT2D eigenvalue weighted by Crippen LogP contribution is 2.47. The molecule has 0 aromatic heterocycles. The van der Waals surface area contributed by atoms with Crippen LogP contribution < -0.4 is 5.32 Å². The lowest BCUT2D eigenvalue weighted by Crippen LogP contribution is -2.43. The number of nitrogens with one attached hydrogen (secondary N) is 1. The molecular weight excluding hydrogens is 174 g/mol. The van der Waals surface area contributed by atoms with E-state index in [0.717, 1.165) is 0 Å². The Kier molecular flexibility index (Phi) is 2.85. The normalized spacial score (nSPS) is 30.4. The topological polar surface area (TPSA) is 21.3 Å². The third-order valence-corrected chi connectivity index (χ3v) is 4.53. The number of methoxy groups -OCH3 is 1. The van der Waals surface area contributed by atoms with Crippen molar-refractivity contribution in [3.05, 3.63) is 0 Å². The zero-order valence-corrected chi connectivity index (χ0v) is 9.57. The smallest absolute Gasteiger partial charge is 0.0651 e. The molecule has 0 unspecified atom stereocenters. The molecule has 0 amide bonds. The molecule has 0 bridgehead atoms. The van der Waals surface area contributed by atoms with E-state index in [2.05, 4.69) is 12.2 Å². The number of hydrogen-bond acceptors (Lipinski definition) is 2. The van der Waals surface area contributed by atoms with Crippen LogP contribution >= 0.6 is 0 Å². The first kappa shape index (κ1) is 10.4. The highest BCUT2D eigenvalue weighted by molar-refractivity contribution is 4.93. The molecule has 2 heteroatoms. The van der Waals surface area contributed by atoms with Crippen LogP contribution in [0.15, 0.2) is 0 Å². The Labute approximate surface area is 87.4 Å². The van der Waals surface area contributed by atoms with E-state index in [0.29, 0.717) is 5.41 Å². The maximum Gasteiger partial charge on any atom is 0.0651 e. The van der Waals surface area contributed by atoms with Gasteiger partial charge in [0, 0.05) is 7.11 Å². The van der Waals surface area contributed by atoms with Gasteiger partial charge in [0.15, 0.2) is 0 Å². The third kappa shape index (κ3) is 1.96. The van der Waals surface area contributed by atoms with Crippen LogP contribution in [-0.2, 0) is 4.74 Å². The van der Waals surface area contributed by atoms with Gasteiger partial charge in [-0.05, 0) is 64.0 Å². The second-order valence-corrected chi connectivity index (χ2v) is 5.40. The molecule has 1 saturated heterocycles. The molecule has 82 valence electrons.